The lowest BCUT2D eigenvalue weighted by Crippen LogP contribution is -2.46. The van der Waals surface area contributed by atoms with Crippen molar-refractivity contribution in [3.63, 3.8) is 0 Å². The van der Waals surface area contributed by atoms with Gasteiger partial charge in [-0.2, -0.15) is 0 Å². The third-order valence-electron chi connectivity index (χ3n) is 3.89. The standard InChI is InChI=1S/C16H18F2N4/c1-12-9-13(20-11-19-12)10-21-5-7-22(8-6-21)15-4-2-3-14(17)16(15)18/h2-4,9,11H,5-8,10H2,1H3. The molecule has 0 N–H and O–H groups in total. The van der Waals surface area contributed by atoms with Crippen LogP contribution in [0.2, 0.25) is 0 Å². The number of hydrogen-bond acceptors (Lipinski definition) is 4. The number of aryl methyl sites for hydroxylation is 1. The second-order valence-corrected chi connectivity index (χ2v) is 5.49. The monoisotopic (exact) mass is 304 g/mol. The van der Waals surface area contributed by atoms with Gasteiger partial charge in [0.1, 0.15) is 6.33 Å². The lowest BCUT2D eigenvalue weighted by atomic mass is 10.2. The highest BCUT2D eigenvalue weighted by molar-refractivity contribution is 5.48. The van der Waals surface area contributed by atoms with Gasteiger partial charge in [-0.15, -0.1) is 0 Å². The van der Waals surface area contributed by atoms with Gasteiger partial charge < -0.3 is 4.90 Å². The summed E-state index contributed by atoms with van der Waals surface area (Å²) in [6.45, 7) is 5.62. The Kier molecular flexibility index (Phi) is 4.29. The number of aromatic nitrogens is 2. The highest BCUT2D eigenvalue weighted by atomic mass is 19.2. The Morgan fingerprint density at radius 3 is 2.59 bits per heavy atom. The largest absolute Gasteiger partial charge is 0.367 e. The molecule has 1 aliphatic rings. The molecular weight excluding hydrogens is 286 g/mol. The van der Waals surface area contributed by atoms with Crippen molar-refractivity contribution in [2.75, 3.05) is 31.1 Å². The van der Waals surface area contributed by atoms with Gasteiger partial charge in [0.25, 0.3) is 0 Å². The molecule has 0 unspecified atom stereocenters. The summed E-state index contributed by atoms with van der Waals surface area (Å²) in [5.74, 6) is -1.56. The van der Waals surface area contributed by atoms with Gasteiger partial charge in [-0.05, 0) is 25.1 Å². The van der Waals surface area contributed by atoms with Crippen LogP contribution in [0.1, 0.15) is 11.4 Å². The fraction of sp³-hybridized carbons (Fsp3) is 0.375. The van der Waals surface area contributed by atoms with E-state index in [0.29, 0.717) is 18.8 Å². The van der Waals surface area contributed by atoms with Gasteiger partial charge in [0.2, 0.25) is 0 Å². The van der Waals surface area contributed by atoms with Crippen molar-refractivity contribution in [3.8, 4) is 0 Å². The first-order valence-corrected chi connectivity index (χ1v) is 7.32. The van der Waals surface area contributed by atoms with E-state index >= 15 is 0 Å². The third-order valence-corrected chi connectivity index (χ3v) is 3.89. The molecule has 4 nitrogen and oxygen atoms in total. The van der Waals surface area contributed by atoms with Gasteiger partial charge in [0.05, 0.1) is 11.4 Å². The minimum absolute atomic E-state index is 0.345. The normalized spacial score (nSPS) is 16.0. The predicted octanol–water partition coefficient (Wildman–Crippen LogP) is 2.39. The molecule has 0 saturated carbocycles. The molecule has 0 amide bonds. The highest BCUT2D eigenvalue weighted by Gasteiger charge is 2.21. The number of benzene rings is 1. The summed E-state index contributed by atoms with van der Waals surface area (Å²) < 4.78 is 27.1. The summed E-state index contributed by atoms with van der Waals surface area (Å²) in [7, 11) is 0. The van der Waals surface area contributed by atoms with Crippen molar-refractivity contribution in [2.24, 2.45) is 0 Å². The molecule has 0 spiro atoms. The van der Waals surface area contributed by atoms with Crippen LogP contribution < -0.4 is 4.90 Å². The zero-order valence-corrected chi connectivity index (χ0v) is 12.5. The molecule has 1 saturated heterocycles. The Morgan fingerprint density at radius 2 is 1.86 bits per heavy atom. The Balaban J connectivity index is 1.62. The summed E-state index contributed by atoms with van der Waals surface area (Å²) in [6.07, 6.45) is 1.57. The van der Waals surface area contributed by atoms with E-state index in [-0.39, 0.29) is 0 Å². The van der Waals surface area contributed by atoms with Crippen molar-refractivity contribution in [1.82, 2.24) is 14.9 Å². The topological polar surface area (TPSA) is 32.3 Å². The Bertz CT molecular complexity index is 654. The van der Waals surface area contributed by atoms with Crippen molar-refractivity contribution in [1.29, 1.82) is 0 Å². The zero-order valence-electron chi connectivity index (χ0n) is 12.5. The van der Waals surface area contributed by atoms with Crippen molar-refractivity contribution >= 4 is 5.69 Å². The number of piperazine rings is 1. The summed E-state index contributed by atoms with van der Waals surface area (Å²) in [5.41, 5.74) is 2.28. The maximum atomic E-state index is 13.8. The molecule has 1 aromatic heterocycles. The fourth-order valence-electron chi connectivity index (χ4n) is 2.71. The van der Waals surface area contributed by atoms with E-state index < -0.39 is 11.6 Å². The molecule has 3 rings (SSSR count). The van der Waals surface area contributed by atoms with Crippen LogP contribution in [0.3, 0.4) is 0 Å². The quantitative estimate of drug-likeness (QED) is 0.871. The van der Waals surface area contributed by atoms with Gasteiger partial charge >= 0.3 is 0 Å². The van der Waals surface area contributed by atoms with Gasteiger partial charge in [-0.3, -0.25) is 4.90 Å². The minimum Gasteiger partial charge on any atom is -0.367 e. The molecule has 0 radical (unpaired) electrons. The summed E-state index contributed by atoms with van der Waals surface area (Å²) in [6, 6.07) is 6.29. The smallest absolute Gasteiger partial charge is 0.182 e. The van der Waals surface area contributed by atoms with Crippen molar-refractivity contribution < 1.29 is 8.78 Å². The van der Waals surface area contributed by atoms with E-state index in [2.05, 4.69) is 14.9 Å². The minimum atomic E-state index is -0.795. The first kappa shape index (κ1) is 14.8. The average Bonchev–Trinajstić information content (AvgIpc) is 2.51. The Labute approximate surface area is 128 Å². The predicted molar refractivity (Wildman–Crippen MR) is 80.6 cm³/mol. The molecule has 0 atom stereocenters. The number of rotatable bonds is 3. The summed E-state index contributed by atoms with van der Waals surface area (Å²) in [4.78, 5) is 12.5. The van der Waals surface area contributed by atoms with E-state index in [1.807, 2.05) is 17.9 Å². The van der Waals surface area contributed by atoms with Crippen LogP contribution >= 0.6 is 0 Å². The molecule has 2 aromatic rings. The van der Waals surface area contributed by atoms with Crippen molar-refractivity contribution in [2.45, 2.75) is 13.5 Å². The lowest BCUT2D eigenvalue weighted by Gasteiger charge is -2.36. The van der Waals surface area contributed by atoms with E-state index in [9.17, 15) is 8.78 Å². The van der Waals surface area contributed by atoms with E-state index in [0.717, 1.165) is 37.1 Å². The molecule has 1 aliphatic heterocycles. The first-order chi connectivity index (χ1) is 10.6. The lowest BCUT2D eigenvalue weighted by molar-refractivity contribution is 0.246. The van der Waals surface area contributed by atoms with Gasteiger partial charge in [-0.25, -0.2) is 18.7 Å². The second-order valence-electron chi connectivity index (χ2n) is 5.49. The second kappa shape index (κ2) is 6.36. The van der Waals surface area contributed by atoms with Gasteiger partial charge in [0, 0.05) is 38.4 Å². The maximum Gasteiger partial charge on any atom is 0.182 e. The number of halogens is 2. The number of nitrogens with zero attached hydrogens (tertiary/aromatic N) is 4. The third kappa shape index (κ3) is 3.22. The Morgan fingerprint density at radius 1 is 1.09 bits per heavy atom. The number of hydrogen-bond donors (Lipinski definition) is 0. The first-order valence-electron chi connectivity index (χ1n) is 7.32. The zero-order chi connectivity index (χ0) is 15.5. The molecule has 22 heavy (non-hydrogen) atoms. The molecule has 116 valence electrons. The van der Waals surface area contributed by atoms with Crippen LogP contribution in [0.15, 0.2) is 30.6 Å². The summed E-state index contributed by atoms with van der Waals surface area (Å²) >= 11 is 0. The van der Waals surface area contributed by atoms with E-state index in [1.54, 1.807) is 18.5 Å². The molecule has 2 heterocycles. The van der Waals surface area contributed by atoms with Crippen LogP contribution in [0.25, 0.3) is 0 Å². The van der Waals surface area contributed by atoms with Crippen LogP contribution in [0, 0.1) is 18.6 Å². The van der Waals surface area contributed by atoms with Crippen LogP contribution in [0.5, 0.6) is 0 Å². The van der Waals surface area contributed by atoms with E-state index in [4.69, 9.17) is 0 Å². The van der Waals surface area contributed by atoms with Crippen LogP contribution in [-0.2, 0) is 6.54 Å². The van der Waals surface area contributed by atoms with Crippen LogP contribution in [0.4, 0.5) is 14.5 Å². The summed E-state index contributed by atoms with van der Waals surface area (Å²) in [5, 5.41) is 0. The molecule has 0 aliphatic carbocycles. The molecule has 1 aromatic carbocycles. The molecular formula is C16H18F2N4. The molecule has 1 fully saturated rings. The Hall–Kier alpha value is -2.08. The highest BCUT2D eigenvalue weighted by Crippen LogP contribution is 2.22. The molecule has 0 bridgehead atoms. The molecule has 6 heteroatoms. The van der Waals surface area contributed by atoms with E-state index in [1.165, 1.54) is 0 Å². The SMILES string of the molecule is Cc1cc(CN2CCN(c3cccc(F)c3F)CC2)ncn1. The number of anilines is 1. The van der Waals surface area contributed by atoms with Crippen LogP contribution in [-0.4, -0.2) is 41.0 Å². The van der Waals surface area contributed by atoms with Crippen molar-refractivity contribution in [3.05, 3.63) is 53.6 Å². The fourth-order valence-corrected chi connectivity index (χ4v) is 2.71. The van der Waals surface area contributed by atoms with Gasteiger partial charge in [0.15, 0.2) is 11.6 Å². The maximum absolute atomic E-state index is 13.8. The average molecular weight is 304 g/mol. The van der Waals surface area contributed by atoms with Gasteiger partial charge in [-0.1, -0.05) is 6.07 Å².